The van der Waals surface area contributed by atoms with Gasteiger partial charge in [0.05, 0.1) is 26.3 Å². The number of aldehydes is 2. The van der Waals surface area contributed by atoms with Crippen molar-refractivity contribution in [2.75, 3.05) is 14.1 Å². The third kappa shape index (κ3) is 6.71. The standard InChI is InChI=1S/C24H32NO4/c1-17(2)28-23-9-7-19(15-26)11-21(23)13-25(5,6)14-22-12-20(16-27)8-10-24(22)29-18(3)4/h7-12,15-18H,13-14H2,1-6H3/q+1. The molecule has 0 spiro atoms. The number of benzene rings is 2. The number of hydrogen-bond acceptors (Lipinski definition) is 4. The fourth-order valence-electron chi connectivity index (χ4n) is 3.31. The molecule has 0 aromatic heterocycles. The maximum Gasteiger partial charge on any atom is 0.150 e. The van der Waals surface area contributed by atoms with E-state index >= 15 is 0 Å². The predicted molar refractivity (Wildman–Crippen MR) is 115 cm³/mol. The van der Waals surface area contributed by atoms with Crippen molar-refractivity contribution < 1.29 is 23.5 Å². The van der Waals surface area contributed by atoms with Crippen LogP contribution in [0.3, 0.4) is 0 Å². The first-order valence-electron chi connectivity index (χ1n) is 9.95. The van der Waals surface area contributed by atoms with Crippen LogP contribution in [0.4, 0.5) is 0 Å². The number of hydrogen-bond donors (Lipinski definition) is 0. The summed E-state index contributed by atoms with van der Waals surface area (Å²) in [5.41, 5.74) is 3.21. The number of ether oxygens (including phenoxy) is 2. The summed E-state index contributed by atoms with van der Waals surface area (Å²) in [6.45, 7) is 9.26. The molecular formula is C24H32NO4+. The van der Waals surface area contributed by atoms with Gasteiger partial charge in [-0.2, -0.15) is 0 Å². The van der Waals surface area contributed by atoms with Crippen molar-refractivity contribution in [3.05, 3.63) is 58.7 Å². The molecule has 2 aromatic carbocycles. The molecular weight excluding hydrogens is 366 g/mol. The SMILES string of the molecule is CC(C)Oc1ccc(C=O)cc1C[N+](C)(C)Cc1cc(C=O)ccc1OC(C)C. The lowest BCUT2D eigenvalue weighted by Crippen LogP contribution is -2.38. The summed E-state index contributed by atoms with van der Waals surface area (Å²) in [5, 5.41) is 0. The smallest absolute Gasteiger partial charge is 0.150 e. The molecule has 0 radical (unpaired) electrons. The molecule has 0 aliphatic heterocycles. The Morgan fingerprint density at radius 1 is 0.759 bits per heavy atom. The minimum Gasteiger partial charge on any atom is -0.490 e. The van der Waals surface area contributed by atoms with Gasteiger partial charge in [-0.05, 0) is 64.1 Å². The Morgan fingerprint density at radius 3 is 1.45 bits per heavy atom. The summed E-state index contributed by atoms with van der Waals surface area (Å²) in [6.07, 6.45) is 1.79. The Morgan fingerprint density at radius 2 is 1.14 bits per heavy atom. The first-order chi connectivity index (χ1) is 13.6. The van der Waals surface area contributed by atoms with Crippen molar-refractivity contribution in [2.45, 2.75) is 53.0 Å². The zero-order valence-corrected chi connectivity index (χ0v) is 18.3. The first-order valence-corrected chi connectivity index (χ1v) is 9.95. The second kappa shape index (κ2) is 9.70. The van der Waals surface area contributed by atoms with Crippen LogP contribution in [-0.2, 0) is 13.1 Å². The van der Waals surface area contributed by atoms with Gasteiger partial charge in [-0.15, -0.1) is 0 Å². The molecule has 156 valence electrons. The van der Waals surface area contributed by atoms with E-state index in [0.717, 1.165) is 35.2 Å². The van der Waals surface area contributed by atoms with Crippen molar-refractivity contribution in [3.63, 3.8) is 0 Å². The monoisotopic (exact) mass is 398 g/mol. The fraction of sp³-hybridized carbons (Fsp3) is 0.417. The number of rotatable bonds is 10. The molecule has 2 aromatic rings. The zero-order valence-electron chi connectivity index (χ0n) is 18.3. The lowest BCUT2D eigenvalue weighted by molar-refractivity contribution is -0.916. The van der Waals surface area contributed by atoms with E-state index in [1.807, 2.05) is 52.0 Å². The van der Waals surface area contributed by atoms with Crippen molar-refractivity contribution in [1.29, 1.82) is 0 Å². The van der Waals surface area contributed by atoms with E-state index in [-0.39, 0.29) is 12.2 Å². The first kappa shape index (κ1) is 22.6. The molecule has 0 saturated carbocycles. The third-order valence-electron chi connectivity index (χ3n) is 4.36. The van der Waals surface area contributed by atoms with Crippen LogP contribution in [0.5, 0.6) is 11.5 Å². The summed E-state index contributed by atoms with van der Waals surface area (Å²) in [4.78, 5) is 22.5. The second-order valence-electron chi connectivity index (χ2n) is 8.56. The predicted octanol–water partition coefficient (Wildman–Crippen LogP) is 4.66. The molecule has 0 atom stereocenters. The zero-order chi connectivity index (χ0) is 21.6. The Kier molecular flexibility index (Phi) is 7.57. The van der Waals surface area contributed by atoms with Crippen molar-refractivity contribution >= 4 is 12.6 Å². The summed E-state index contributed by atoms with van der Waals surface area (Å²) in [6, 6.07) is 11.0. The van der Waals surface area contributed by atoms with E-state index < -0.39 is 0 Å². The van der Waals surface area contributed by atoms with Gasteiger partial charge >= 0.3 is 0 Å². The molecule has 29 heavy (non-hydrogen) atoms. The molecule has 0 unspecified atom stereocenters. The Hall–Kier alpha value is -2.66. The van der Waals surface area contributed by atoms with E-state index in [9.17, 15) is 9.59 Å². The maximum absolute atomic E-state index is 11.3. The van der Waals surface area contributed by atoms with Gasteiger partial charge in [0.1, 0.15) is 37.2 Å². The second-order valence-corrected chi connectivity index (χ2v) is 8.56. The van der Waals surface area contributed by atoms with E-state index in [0.29, 0.717) is 28.7 Å². The van der Waals surface area contributed by atoms with Crippen LogP contribution < -0.4 is 9.47 Å². The molecule has 0 fully saturated rings. The normalized spacial score (nSPS) is 11.6. The third-order valence-corrected chi connectivity index (χ3v) is 4.36. The van der Waals surface area contributed by atoms with Gasteiger partial charge in [-0.1, -0.05) is 0 Å². The molecule has 0 saturated heterocycles. The minimum absolute atomic E-state index is 0.0433. The van der Waals surface area contributed by atoms with Gasteiger partial charge in [-0.3, -0.25) is 9.59 Å². The van der Waals surface area contributed by atoms with Gasteiger partial charge in [0.25, 0.3) is 0 Å². The van der Waals surface area contributed by atoms with E-state index in [1.54, 1.807) is 12.1 Å². The van der Waals surface area contributed by atoms with E-state index in [4.69, 9.17) is 9.47 Å². The highest BCUT2D eigenvalue weighted by molar-refractivity contribution is 5.76. The highest BCUT2D eigenvalue weighted by Gasteiger charge is 2.23. The summed E-state index contributed by atoms with van der Waals surface area (Å²) >= 11 is 0. The Balaban J connectivity index is 2.35. The van der Waals surface area contributed by atoms with Gasteiger partial charge in [0.2, 0.25) is 0 Å². The molecule has 0 amide bonds. The highest BCUT2D eigenvalue weighted by Crippen LogP contribution is 2.28. The van der Waals surface area contributed by atoms with Crippen LogP contribution in [0.25, 0.3) is 0 Å². The topological polar surface area (TPSA) is 52.6 Å². The van der Waals surface area contributed by atoms with Gasteiger partial charge in [0, 0.05) is 22.3 Å². The largest absolute Gasteiger partial charge is 0.490 e. The van der Waals surface area contributed by atoms with E-state index in [2.05, 4.69) is 14.1 Å². The number of nitrogens with zero attached hydrogens (tertiary/aromatic N) is 1. The highest BCUT2D eigenvalue weighted by atomic mass is 16.5. The Bertz CT molecular complexity index is 786. The van der Waals surface area contributed by atoms with Gasteiger partial charge < -0.3 is 14.0 Å². The van der Waals surface area contributed by atoms with Crippen molar-refractivity contribution in [2.24, 2.45) is 0 Å². The molecule has 0 N–H and O–H groups in total. The van der Waals surface area contributed by atoms with Crippen LogP contribution in [0.1, 0.15) is 59.5 Å². The number of quaternary nitrogens is 1. The fourth-order valence-corrected chi connectivity index (χ4v) is 3.31. The van der Waals surface area contributed by atoms with Crippen LogP contribution in [0, 0.1) is 0 Å². The molecule has 2 rings (SSSR count). The lowest BCUT2D eigenvalue weighted by atomic mass is 10.1. The average molecular weight is 399 g/mol. The van der Waals surface area contributed by atoms with Gasteiger partial charge in [0.15, 0.2) is 0 Å². The van der Waals surface area contributed by atoms with Crippen LogP contribution >= 0.6 is 0 Å². The summed E-state index contributed by atoms with van der Waals surface area (Å²) < 4.78 is 12.5. The molecule has 5 heteroatoms. The molecule has 0 aliphatic rings. The minimum atomic E-state index is 0.0433. The number of carbonyl (C=O) groups excluding carboxylic acids is 2. The molecule has 0 heterocycles. The van der Waals surface area contributed by atoms with E-state index in [1.165, 1.54) is 0 Å². The van der Waals surface area contributed by atoms with Crippen molar-refractivity contribution in [1.82, 2.24) is 0 Å². The molecule has 5 nitrogen and oxygen atoms in total. The quantitative estimate of drug-likeness (QED) is 0.431. The van der Waals surface area contributed by atoms with Crippen LogP contribution in [0.15, 0.2) is 36.4 Å². The molecule has 0 bridgehead atoms. The van der Waals surface area contributed by atoms with Gasteiger partial charge in [-0.25, -0.2) is 0 Å². The van der Waals surface area contributed by atoms with Crippen LogP contribution in [0.2, 0.25) is 0 Å². The lowest BCUT2D eigenvalue weighted by Gasteiger charge is -2.32. The number of carbonyl (C=O) groups is 2. The Labute approximate surface area is 173 Å². The summed E-state index contributed by atoms with van der Waals surface area (Å²) in [5.74, 6) is 1.58. The molecule has 0 aliphatic carbocycles. The average Bonchev–Trinajstić information content (AvgIpc) is 2.63. The van der Waals surface area contributed by atoms with Crippen molar-refractivity contribution in [3.8, 4) is 11.5 Å². The maximum atomic E-state index is 11.3. The van der Waals surface area contributed by atoms with Crippen LogP contribution in [-0.4, -0.2) is 43.4 Å². The summed E-state index contributed by atoms with van der Waals surface area (Å²) in [7, 11) is 4.22.